The predicted octanol–water partition coefficient (Wildman–Crippen LogP) is 4.52. The molecule has 3 N–H and O–H groups in total. The van der Waals surface area contributed by atoms with Crippen LogP contribution in [0.2, 0.25) is 0 Å². The third-order valence-electron chi connectivity index (χ3n) is 6.24. The van der Waals surface area contributed by atoms with Gasteiger partial charge in [-0.05, 0) is 53.9 Å². The smallest absolute Gasteiger partial charge is 0.257 e. The highest BCUT2D eigenvalue weighted by Gasteiger charge is 2.26. The number of pyridine rings is 1. The summed E-state index contributed by atoms with van der Waals surface area (Å²) in [7, 11) is 1.60. The van der Waals surface area contributed by atoms with Crippen molar-refractivity contribution in [2.45, 2.75) is 19.9 Å². The number of fused-ring (bicyclic) bond motifs is 1. The molecule has 0 radical (unpaired) electrons. The standard InChI is InChI=1S/C28H26N4O3/c1-17-12-20(35-2)8-9-21(17)28(34)32-25-14-19(10-11-30-25)27-22(13-18-6-4-3-5-7-18)26-23(31-27)15-29-16-24(26)33/h3-12,14,29,31H,13,15-16H2,1-2H3,(H,30,32,34). The number of ether oxygens (including phenoxy) is 1. The molecule has 0 saturated carbocycles. The van der Waals surface area contributed by atoms with Gasteiger partial charge in [0.25, 0.3) is 5.91 Å². The van der Waals surface area contributed by atoms with Crippen molar-refractivity contribution in [2.75, 3.05) is 19.0 Å². The first-order valence-electron chi connectivity index (χ1n) is 11.5. The summed E-state index contributed by atoms with van der Waals surface area (Å²) in [4.78, 5) is 33.6. The highest BCUT2D eigenvalue weighted by Crippen LogP contribution is 2.33. The molecule has 7 heteroatoms. The molecule has 7 nitrogen and oxygen atoms in total. The van der Waals surface area contributed by atoms with Gasteiger partial charge < -0.3 is 20.4 Å². The van der Waals surface area contributed by atoms with E-state index < -0.39 is 0 Å². The van der Waals surface area contributed by atoms with Crippen LogP contribution in [0.4, 0.5) is 5.82 Å². The first-order chi connectivity index (χ1) is 17.0. The molecular formula is C28H26N4O3. The molecule has 176 valence electrons. The number of nitrogens with zero attached hydrogens (tertiary/aromatic N) is 1. The SMILES string of the molecule is COc1ccc(C(=O)Nc2cc(-c3[nH]c4c(c3Cc3ccccc3)C(=O)CNC4)ccn2)c(C)c1. The summed E-state index contributed by atoms with van der Waals surface area (Å²) >= 11 is 0. The largest absolute Gasteiger partial charge is 0.497 e. The van der Waals surface area contributed by atoms with Crippen LogP contribution in [0.25, 0.3) is 11.3 Å². The number of aromatic amines is 1. The fourth-order valence-corrected chi connectivity index (χ4v) is 4.53. The Morgan fingerprint density at radius 1 is 1.09 bits per heavy atom. The molecule has 1 aliphatic heterocycles. The second-order valence-corrected chi connectivity index (χ2v) is 8.59. The Balaban J connectivity index is 1.49. The van der Waals surface area contributed by atoms with E-state index in [2.05, 4.69) is 32.7 Å². The van der Waals surface area contributed by atoms with Gasteiger partial charge in [-0.3, -0.25) is 9.59 Å². The number of carbonyl (C=O) groups excluding carboxylic acids is 2. The van der Waals surface area contributed by atoms with Gasteiger partial charge in [-0.2, -0.15) is 0 Å². The van der Waals surface area contributed by atoms with E-state index in [1.54, 1.807) is 25.4 Å². The molecule has 0 aliphatic carbocycles. The van der Waals surface area contributed by atoms with Crippen molar-refractivity contribution in [3.63, 3.8) is 0 Å². The molecule has 0 spiro atoms. The minimum atomic E-state index is -0.246. The number of aromatic nitrogens is 2. The van der Waals surface area contributed by atoms with Crippen LogP contribution in [0, 0.1) is 6.92 Å². The molecule has 1 amide bonds. The molecule has 35 heavy (non-hydrogen) atoms. The van der Waals surface area contributed by atoms with Crippen molar-refractivity contribution in [3.8, 4) is 17.0 Å². The number of Topliss-reactive ketones (excluding diaryl/α,β-unsaturated/α-hetero) is 1. The molecule has 0 atom stereocenters. The Labute approximate surface area is 203 Å². The summed E-state index contributed by atoms with van der Waals surface area (Å²) in [5.74, 6) is 0.969. The lowest BCUT2D eigenvalue weighted by Gasteiger charge is -2.13. The third-order valence-corrected chi connectivity index (χ3v) is 6.24. The van der Waals surface area contributed by atoms with Crippen LogP contribution < -0.4 is 15.4 Å². The molecule has 2 aromatic heterocycles. The summed E-state index contributed by atoms with van der Waals surface area (Å²) in [5.41, 5.74) is 6.83. The second kappa shape index (κ2) is 9.56. The minimum absolute atomic E-state index is 0.0808. The number of hydrogen-bond donors (Lipinski definition) is 3. The van der Waals surface area contributed by atoms with E-state index in [9.17, 15) is 9.59 Å². The van der Waals surface area contributed by atoms with Crippen LogP contribution in [0.3, 0.4) is 0 Å². The van der Waals surface area contributed by atoms with E-state index >= 15 is 0 Å². The first kappa shape index (κ1) is 22.6. The molecule has 4 aromatic rings. The molecule has 0 fully saturated rings. The van der Waals surface area contributed by atoms with Crippen molar-refractivity contribution < 1.29 is 14.3 Å². The Hall–Kier alpha value is -4.23. The number of amides is 1. The Morgan fingerprint density at radius 2 is 1.91 bits per heavy atom. The molecule has 5 rings (SSSR count). The van der Waals surface area contributed by atoms with Crippen molar-refractivity contribution in [1.29, 1.82) is 0 Å². The van der Waals surface area contributed by atoms with Gasteiger partial charge in [0, 0.05) is 41.5 Å². The fourth-order valence-electron chi connectivity index (χ4n) is 4.53. The van der Waals surface area contributed by atoms with Crippen molar-refractivity contribution in [1.82, 2.24) is 15.3 Å². The molecule has 0 bridgehead atoms. The Morgan fingerprint density at radius 3 is 2.69 bits per heavy atom. The Kier molecular flexibility index (Phi) is 6.16. The minimum Gasteiger partial charge on any atom is -0.497 e. The number of anilines is 1. The highest BCUT2D eigenvalue weighted by atomic mass is 16.5. The highest BCUT2D eigenvalue weighted by molar-refractivity contribution is 6.05. The van der Waals surface area contributed by atoms with E-state index in [0.29, 0.717) is 36.6 Å². The number of benzene rings is 2. The maximum absolute atomic E-state index is 12.9. The van der Waals surface area contributed by atoms with Crippen LogP contribution >= 0.6 is 0 Å². The fraction of sp³-hybridized carbons (Fsp3) is 0.179. The topological polar surface area (TPSA) is 96.1 Å². The van der Waals surface area contributed by atoms with Crippen LogP contribution in [-0.2, 0) is 13.0 Å². The van der Waals surface area contributed by atoms with E-state index in [1.165, 1.54) is 0 Å². The zero-order valence-corrected chi connectivity index (χ0v) is 19.6. The van der Waals surface area contributed by atoms with Gasteiger partial charge in [0.1, 0.15) is 11.6 Å². The molecule has 1 aliphatic rings. The number of methoxy groups -OCH3 is 1. The zero-order valence-electron chi connectivity index (χ0n) is 19.6. The monoisotopic (exact) mass is 466 g/mol. The quantitative estimate of drug-likeness (QED) is 0.388. The van der Waals surface area contributed by atoms with Gasteiger partial charge in [0.2, 0.25) is 0 Å². The van der Waals surface area contributed by atoms with Crippen LogP contribution in [0.15, 0.2) is 66.9 Å². The van der Waals surface area contributed by atoms with Gasteiger partial charge in [-0.15, -0.1) is 0 Å². The number of hydrogen-bond acceptors (Lipinski definition) is 5. The lowest BCUT2D eigenvalue weighted by molar-refractivity contribution is 0.0980. The van der Waals surface area contributed by atoms with E-state index in [0.717, 1.165) is 39.2 Å². The maximum atomic E-state index is 12.9. The van der Waals surface area contributed by atoms with Crippen molar-refractivity contribution in [3.05, 3.63) is 100 Å². The van der Waals surface area contributed by atoms with Gasteiger partial charge in [0.15, 0.2) is 5.78 Å². The van der Waals surface area contributed by atoms with Crippen LogP contribution in [0.1, 0.15) is 43.1 Å². The van der Waals surface area contributed by atoms with E-state index in [1.807, 2.05) is 43.3 Å². The van der Waals surface area contributed by atoms with E-state index in [4.69, 9.17) is 4.74 Å². The Bertz CT molecular complexity index is 1410. The molecular weight excluding hydrogens is 440 g/mol. The lowest BCUT2D eigenvalue weighted by atomic mass is 9.94. The predicted molar refractivity (Wildman–Crippen MR) is 135 cm³/mol. The number of rotatable bonds is 6. The first-order valence-corrected chi connectivity index (χ1v) is 11.5. The second-order valence-electron chi connectivity index (χ2n) is 8.59. The average Bonchev–Trinajstić information content (AvgIpc) is 3.24. The van der Waals surface area contributed by atoms with Gasteiger partial charge in [-0.1, -0.05) is 30.3 Å². The number of aryl methyl sites for hydroxylation is 1. The summed E-state index contributed by atoms with van der Waals surface area (Å²) in [6.07, 6.45) is 2.29. The van der Waals surface area contributed by atoms with Crippen LogP contribution in [-0.4, -0.2) is 35.3 Å². The van der Waals surface area contributed by atoms with Crippen LogP contribution in [0.5, 0.6) is 5.75 Å². The lowest BCUT2D eigenvalue weighted by Crippen LogP contribution is -2.29. The number of H-pyrrole nitrogens is 1. The van der Waals surface area contributed by atoms with Crippen molar-refractivity contribution >= 4 is 17.5 Å². The molecule has 0 saturated heterocycles. The number of carbonyl (C=O) groups is 2. The van der Waals surface area contributed by atoms with Crippen molar-refractivity contribution in [2.24, 2.45) is 0 Å². The molecule has 3 heterocycles. The number of nitrogens with one attached hydrogen (secondary N) is 3. The molecule has 0 unspecified atom stereocenters. The van der Waals surface area contributed by atoms with Gasteiger partial charge in [-0.25, -0.2) is 4.98 Å². The summed E-state index contributed by atoms with van der Waals surface area (Å²) in [6.45, 7) is 2.80. The van der Waals surface area contributed by atoms with E-state index in [-0.39, 0.29) is 11.7 Å². The zero-order chi connectivity index (χ0) is 24.4. The third kappa shape index (κ3) is 4.58. The molecule has 2 aromatic carbocycles. The van der Waals surface area contributed by atoms with Gasteiger partial charge in [0.05, 0.1) is 19.3 Å². The normalized spacial score (nSPS) is 12.8. The average molecular weight is 467 g/mol. The summed E-state index contributed by atoms with van der Waals surface area (Å²) < 4.78 is 5.23. The summed E-state index contributed by atoms with van der Waals surface area (Å²) in [6, 6.07) is 19.1. The maximum Gasteiger partial charge on any atom is 0.257 e. The summed E-state index contributed by atoms with van der Waals surface area (Å²) in [5, 5.41) is 6.06. The van der Waals surface area contributed by atoms with Gasteiger partial charge >= 0.3 is 0 Å². The number of ketones is 1.